The van der Waals surface area contributed by atoms with Gasteiger partial charge < -0.3 is 20.1 Å². The summed E-state index contributed by atoms with van der Waals surface area (Å²) in [5.41, 5.74) is 2.27. The second-order valence-corrected chi connectivity index (χ2v) is 5.19. The van der Waals surface area contributed by atoms with Crippen LogP contribution in [0.2, 0.25) is 0 Å². The van der Waals surface area contributed by atoms with Gasteiger partial charge in [-0.25, -0.2) is 4.79 Å². The molecule has 0 saturated heterocycles. The number of hydrogen-bond donors (Lipinski definition) is 2. The van der Waals surface area contributed by atoms with Crippen LogP contribution < -0.4 is 15.4 Å². The maximum atomic E-state index is 12.4. The van der Waals surface area contributed by atoms with Crippen LogP contribution in [0.15, 0.2) is 54.2 Å². The van der Waals surface area contributed by atoms with Gasteiger partial charge in [0.15, 0.2) is 0 Å². The molecular weight excluding hydrogens is 320 g/mol. The Kier molecular flexibility index (Phi) is 6.31. The molecule has 0 aliphatic rings. The number of carbonyl (C=O) groups is 2. The Labute approximate surface area is 146 Å². The van der Waals surface area contributed by atoms with Gasteiger partial charge >= 0.3 is 5.97 Å². The van der Waals surface area contributed by atoms with Gasteiger partial charge in [0.25, 0.3) is 5.91 Å². The average Bonchev–Trinajstić information content (AvgIpc) is 2.66. The zero-order valence-corrected chi connectivity index (χ0v) is 14.4. The maximum Gasteiger partial charge on any atom is 0.354 e. The van der Waals surface area contributed by atoms with Crippen LogP contribution in [-0.4, -0.2) is 33.1 Å². The van der Waals surface area contributed by atoms with Gasteiger partial charge in [-0.05, 0) is 42.0 Å². The van der Waals surface area contributed by atoms with Crippen molar-refractivity contribution in [3.8, 4) is 5.75 Å². The van der Waals surface area contributed by atoms with Gasteiger partial charge in [0, 0.05) is 11.6 Å². The van der Waals surface area contributed by atoms with E-state index in [0.717, 1.165) is 11.3 Å². The van der Waals surface area contributed by atoms with E-state index in [1.54, 1.807) is 37.5 Å². The number of amides is 1. The average molecular weight is 341 g/mol. The molecule has 0 aliphatic carbocycles. The second-order valence-electron chi connectivity index (χ2n) is 5.19. The van der Waals surface area contributed by atoms with Gasteiger partial charge in [0.05, 0.1) is 21.3 Å². The topological polar surface area (TPSA) is 81.2 Å². The molecule has 130 valence electrons. The molecule has 0 radical (unpaired) electrons. The summed E-state index contributed by atoms with van der Waals surface area (Å²) in [6, 6.07) is 14.2. The minimum absolute atomic E-state index is 0.0663. The Bertz CT molecular complexity index is 782. The molecule has 0 saturated carbocycles. The van der Waals surface area contributed by atoms with Crippen LogP contribution in [0.5, 0.6) is 5.75 Å². The summed E-state index contributed by atoms with van der Waals surface area (Å²) in [5, 5.41) is 4.55. The number of nitrogens with two attached hydrogens (primary N) is 1. The quantitative estimate of drug-likeness (QED) is 0.474. The van der Waals surface area contributed by atoms with Crippen LogP contribution in [0, 0.1) is 0 Å². The molecule has 25 heavy (non-hydrogen) atoms. The molecule has 0 aliphatic heterocycles. The number of ether oxygens (including phenoxy) is 2. The molecule has 2 aromatic carbocycles. The molecule has 0 spiro atoms. The third-order valence-corrected chi connectivity index (χ3v) is 3.56. The maximum absolute atomic E-state index is 12.4. The number of hydrogen-bond acceptors (Lipinski definition) is 4. The molecule has 2 rings (SSSR count). The van der Waals surface area contributed by atoms with Crippen molar-refractivity contribution < 1.29 is 24.4 Å². The molecule has 3 N–H and O–H groups in total. The van der Waals surface area contributed by atoms with Crippen LogP contribution in [0.25, 0.3) is 6.08 Å². The van der Waals surface area contributed by atoms with Gasteiger partial charge in [-0.2, -0.15) is 0 Å². The summed E-state index contributed by atoms with van der Waals surface area (Å²) < 4.78 is 9.83. The lowest BCUT2D eigenvalue weighted by Gasteiger charge is -2.09. The van der Waals surface area contributed by atoms with Crippen molar-refractivity contribution in [3.63, 3.8) is 0 Å². The summed E-state index contributed by atoms with van der Waals surface area (Å²) in [4.78, 5) is 24.4. The molecule has 6 nitrogen and oxygen atoms in total. The Hall–Kier alpha value is -3.12. The number of carbonyl (C=O) groups excluding carboxylic acids is 2. The third kappa shape index (κ3) is 4.92. The molecule has 0 aromatic heterocycles. The van der Waals surface area contributed by atoms with E-state index in [0.29, 0.717) is 11.3 Å². The number of methoxy groups -OCH3 is 2. The van der Waals surface area contributed by atoms with Crippen molar-refractivity contribution in [1.82, 2.24) is 5.32 Å². The van der Waals surface area contributed by atoms with Crippen molar-refractivity contribution in [2.75, 3.05) is 21.3 Å². The van der Waals surface area contributed by atoms with E-state index in [-0.39, 0.29) is 5.70 Å². The van der Waals surface area contributed by atoms with Gasteiger partial charge in [0.2, 0.25) is 0 Å². The molecule has 6 heteroatoms. The Morgan fingerprint density at radius 2 is 1.80 bits per heavy atom. The first-order chi connectivity index (χ1) is 12.1. The first kappa shape index (κ1) is 18.2. The Balaban J connectivity index is 2.26. The highest BCUT2D eigenvalue weighted by Crippen LogP contribution is 2.13. The van der Waals surface area contributed by atoms with Crippen LogP contribution in [-0.2, 0) is 9.53 Å². The van der Waals surface area contributed by atoms with Crippen LogP contribution in [0.4, 0.5) is 5.69 Å². The minimum atomic E-state index is -0.618. The van der Waals surface area contributed by atoms with E-state index in [9.17, 15) is 9.59 Å². The van der Waals surface area contributed by atoms with Gasteiger partial charge in [-0.15, -0.1) is 0 Å². The van der Waals surface area contributed by atoms with E-state index in [1.807, 2.05) is 36.6 Å². The van der Waals surface area contributed by atoms with E-state index in [2.05, 4.69) is 5.32 Å². The van der Waals surface area contributed by atoms with Gasteiger partial charge in [-0.1, -0.05) is 12.1 Å². The van der Waals surface area contributed by atoms with Crippen LogP contribution >= 0.6 is 0 Å². The lowest BCUT2D eigenvalue weighted by atomic mass is 10.1. The lowest BCUT2D eigenvalue weighted by Crippen LogP contribution is -2.72. The molecular formula is C19H21N2O4+. The number of benzene rings is 2. The van der Waals surface area contributed by atoms with E-state index in [1.165, 1.54) is 7.11 Å². The summed E-state index contributed by atoms with van der Waals surface area (Å²) in [7, 11) is 4.75. The molecule has 1 amide bonds. The standard InChI is InChI=1S/C19H20N2O4/c1-20-15-6-4-5-13(11-15)12-17(19(23)25-3)21-18(22)14-7-9-16(24-2)10-8-14/h4-12,20H,1-3H3,(H,21,22)/p+1/b17-12-. The predicted molar refractivity (Wildman–Crippen MR) is 94.4 cm³/mol. The predicted octanol–water partition coefficient (Wildman–Crippen LogP) is 1.46. The molecule has 0 heterocycles. The van der Waals surface area contributed by atoms with E-state index >= 15 is 0 Å². The Morgan fingerprint density at radius 1 is 1.08 bits per heavy atom. The van der Waals surface area contributed by atoms with Gasteiger partial charge in [-0.3, -0.25) is 4.79 Å². The summed E-state index contributed by atoms with van der Waals surface area (Å²) in [6.45, 7) is 0. The first-order valence-electron chi connectivity index (χ1n) is 7.72. The summed E-state index contributed by atoms with van der Waals surface area (Å²) >= 11 is 0. The highest BCUT2D eigenvalue weighted by atomic mass is 16.5. The highest BCUT2D eigenvalue weighted by molar-refractivity contribution is 6.03. The number of quaternary nitrogens is 1. The van der Waals surface area contributed by atoms with Crippen molar-refractivity contribution >= 4 is 23.6 Å². The van der Waals surface area contributed by atoms with E-state index < -0.39 is 11.9 Å². The minimum Gasteiger partial charge on any atom is -0.497 e. The van der Waals surface area contributed by atoms with Gasteiger partial charge in [0.1, 0.15) is 17.1 Å². The SMILES string of the molecule is C[NH2+]c1cccc(/C=C(\NC(=O)c2ccc(OC)cc2)C(=O)OC)c1. The zero-order chi connectivity index (χ0) is 18.2. The highest BCUT2D eigenvalue weighted by Gasteiger charge is 2.15. The molecule has 0 unspecified atom stereocenters. The monoisotopic (exact) mass is 341 g/mol. The lowest BCUT2D eigenvalue weighted by molar-refractivity contribution is -0.539. The fourth-order valence-electron chi connectivity index (χ4n) is 2.19. The van der Waals surface area contributed by atoms with Crippen molar-refractivity contribution in [2.45, 2.75) is 0 Å². The van der Waals surface area contributed by atoms with E-state index in [4.69, 9.17) is 9.47 Å². The molecule has 2 aromatic rings. The first-order valence-corrected chi connectivity index (χ1v) is 7.72. The van der Waals surface area contributed by atoms with Crippen molar-refractivity contribution in [3.05, 3.63) is 65.4 Å². The number of esters is 1. The number of rotatable bonds is 6. The Morgan fingerprint density at radius 3 is 2.40 bits per heavy atom. The van der Waals surface area contributed by atoms with Crippen molar-refractivity contribution in [2.24, 2.45) is 0 Å². The fraction of sp³-hybridized carbons (Fsp3) is 0.158. The van der Waals surface area contributed by atoms with Crippen LogP contribution in [0.1, 0.15) is 15.9 Å². The van der Waals surface area contributed by atoms with Crippen LogP contribution in [0.3, 0.4) is 0 Å². The fourth-order valence-corrected chi connectivity index (χ4v) is 2.19. The smallest absolute Gasteiger partial charge is 0.354 e. The summed E-state index contributed by atoms with van der Waals surface area (Å²) in [5.74, 6) is -0.377. The van der Waals surface area contributed by atoms with Crippen molar-refractivity contribution in [1.29, 1.82) is 0 Å². The summed E-state index contributed by atoms with van der Waals surface area (Å²) in [6.07, 6.45) is 1.58. The molecule has 0 bridgehead atoms. The molecule has 0 fully saturated rings. The molecule has 0 atom stereocenters. The zero-order valence-electron chi connectivity index (χ0n) is 14.4. The normalized spacial score (nSPS) is 10.9. The number of nitrogens with one attached hydrogen (secondary N) is 1. The second kappa shape index (κ2) is 8.65. The largest absolute Gasteiger partial charge is 0.497 e. The third-order valence-electron chi connectivity index (χ3n) is 3.56.